The molecule has 1 heterocycles. The Hall–Kier alpha value is -3.30. The van der Waals surface area contributed by atoms with Crippen molar-refractivity contribution in [3.05, 3.63) is 48.0 Å². The molecule has 0 fully saturated rings. The number of carbonyl (C=O) groups excluding carboxylic acids is 2. The van der Waals surface area contributed by atoms with Crippen LogP contribution in [0.3, 0.4) is 0 Å². The molecular formula is C25H34N4O5. The largest absolute Gasteiger partial charge is 0.497 e. The first-order chi connectivity index (χ1) is 16.3. The summed E-state index contributed by atoms with van der Waals surface area (Å²) in [6.07, 6.45) is -0.0610. The van der Waals surface area contributed by atoms with Gasteiger partial charge in [-0.3, -0.25) is 4.79 Å². The number of anilines is 2. The average molecular weight is 471 g/mol. The number of aliphatic hydroxyl groups is 1. The minimum absolute atomic E-state index is 0.0458. The number of urea groups is 1. The van der Waals surface area contributed by atoms with Crippen LogP contribution in [0.2, 0.25) is 0 Å². The lowest BCUT2D eigenvalue weighted by atomic mass is 10.0. The van der Waals surface area contributed by atoms with Gasteiger partial charge in [0.15, 0.2) is 0 Å². The van der Waals surface area contributed by atoms with Gasteiger partial charge in [-0.1, -0.05) is 6.92 Å². The van der Waals surface area contributed by atoms with Gasteiger partial charge in [0.25, 0.3) is 0 Å². The van der Waals surface area contributed by atoms with Crippen LogP contribution in [-0.4, -0.2) is 67.9 Å². The molecule has 3 atom stereocenters. The van der Waals surface area contributed by atoms with Crippen LogP contribution in [0.15, 0.2) is 42.5 Å². The molecule has 1 aliphatic rings. The minimum Gasteiger partial charge on any atom is -0.497 e. The van der Waals surface area contributed by atoms with Crippen LogP contribution in [-0.2, 0) is 11.2 Å². The molecule has 2 aromatic rings. The van der Waals surface area contributed by atoms with Crippen molar-refractivity contribution >= 4 is 23.3 Å². The van der Waals surface area contributed by atoms with E-state index in [1.807, 2.05) is 20.9 Å². The predicted octanol–water partition coefficient (Wildman–Crippen LogP) is 2.71. The highest BCUT2D eigenvalue weighted by atomic mass is 16.5. The van der Waals surface area contributed by atoms with Gasteiger partial charge >= 0.3 is 6.03 Å². The van der Waals surface area contributed by atoms with E-state index >= 15 is 0 Å². The van der Waals surface area contributed by atoms with Crippen molar-refractivity contribution in [2.24, 2.45) is 5.92 Å². The molecule has 4 N–H and O–H groups in total. The molecule has 0 spiro atoms. The standard InChI is InChI=1S/C25H34N4O5/c1-16-14-29(17(2)15-30)24(31)12-18-11-20(7-10-22(18)34-23(16)13-26-3)28-25(32)27-19-5-8-21(33-4)9-6-19/h5-11,16-17,23,26,30H,12-15H2,1-4H3,(H2,27,28,32)/t16-,17+,23+/m1/s1. The Morgan fingerprint density at radius 2 is 1.88 bits per heavy atom. The van der Waals surface area contributed by atoms with E-state index in [1.54, 1.807) is 54.5 Å². The zero-order valence-corrected chi connectivity index (χ0v) is 20.1. The highest BCUT2D eigenvalue weighted by Crippen LogP contribution is 2.29. The van der Waals surface area contributed by atoms with Crippen molar-refractivity contribution in [3.63, 3.8) is 0 Å². The predicted molar refractivity (Wildman–Crippen MR) is 132 cm³/mol. The van der Waals surface area contributed by atoms with Gasteiger partial charge in [-0.05, 0) is 56.4 Å². The SMILES string of the molecule is CNC[C@@H]1Oc2ccc(NC(=O)Nc3ccc(OC)cc3)cc2CC(=O)N([C@@H](C)CO)C[C@H]1C. The van der Waals surface area contributed by atoms with Gasteiger partial charge in [0.1, 0.15) is 17.6 Å². The maximum Gasteiger partial charge on any atom is 0.323 e. The summed E-state index contributed by atoms with van der Waals surface area (Å²) in [5.41, 5.74) is 1.84. The highest BCUT2D eigenvalue weighted by Gasteiger charge is 2.30. The number of rotatable bonds is 7. The summed E-state index contributed by atoms with van der Waals surface area (Å²) >= 11 is 0. The van der Waals surface area contributed by atoms with E-state index in [9.17, 15) is 14.7 Å². The number of carbonyl (C=O) groups is 2. The zero-order valence-electron chi connectivity index (χ0n) is 20.1. The second-order valence-electron chi connectivity index (χ2n) is 8.58. The molecule has 34 heavy (non-hydrogen) atoms. The second-order valence-corrected chi connectivity index (χ2v) is 8.58. The number of nitrogens with zero attached hydrogens (tertiary/aromatic N) is 1. The topological polar surface area (TPSA) is 112 Å². The van der Waals surface area contributed by atoms with Crippen LogP contribution >= 0.6 is 0 Å². The normalized spacial score (nSPS) is 19.1. The fourth-order valence-electron chi connectivity index (χ4n) is 3.92. The Bertz CT molecular complexity index is 982. The second kappa shape index (κ2) is 11.7. The van der Waals surface area contributed by atoms with Gasteiger partial charge in [-0.25, -0.2) is 4.79 Å². The maximum absolute atomic E-state index is 13.2. The summed E-state index contributed by atoms with van der Waals surface area (Å²) in [4.78, 5) is 27.4. The summed E-state index contributed by atoms with van der Waals surface area (Å²) in [6, 6.07) is 11.6. The smallest absolute Gasteiger partial charge is 0.323 e. The van der Waals surface area contributed by atoms with E-state index in [0.717, 1.165) is 0 Å². The fourth-order valence-corrected chi connectivity index (χ4v) is 3.92. The molecule has 0 unspecified atom stereocenters. The number of ether oxygens (including phenoxy) is 2. The molecule has 0 aliphatic carbocycles. The number of hydrogen-bond acceptors (Lipinski definition) is 6. The Balaban J connectivity index is 1.81. The van der Waals surface area contributed by atoms with Crippen molar-refractivity contribution in [1.29, 1.82) is 0 Å². The Labute approximate surface area is 200 Å². The van der Waals surface area contributed by atoms with E-state index in [4.69, 9.17) is 9.47 Å². The molecule has 0 saturated heterocycles. The molecule has 0 bridgehead atoms. The van der Waals surface area contributed by atoms with Crippen LogP contribution in [0.5, 0.6) is 11.5 Å². The first kappa shape index (κ1) is 25.3. The van der Waals surface area contributed by atoms with Crippen molar-refractivity contribution in [2.75, 3.05) is 44.5 Å². The fraction of sp³-hybridized carbons (Fsp3) is 0.440. The number of amides is 3. The summed E-state index contributed by atoms with van der Waals surface area (Å²) in [7, 11) is 3.44. The van der Waals surface area contributed by atoms with Crippen molar-refractivity contribution < 1.29 is 24.2 Å². The van der Waals surface area contributed by atoms with Crippen molar-refractivity contribution in [3.8, 4) is 11.5 Å². The molecule has 9 nitrogen and oxygen atoms in total. The monoisotopic (exact) mass is 470 g/mol. The van der Waals surface area contributed by atoms with Crippen LogP contribution in [0.25, 0.3) is 0 Å². The maximum atomic E-state index is 13.2. The summed E-state index contributed by atoms with van der Waals surface area (Å²) < 4.78 is 11.4. The van der Waals surface area contributed by atoms with E-state index in [2.05, 4.69) is 16.0 Å². The summed E-state index contributed by atoms with van der Waals surface area (Å²) in [5, 5.41) is 18.4. The molecule has 184 valence electrons. The summed E-state index contributed by atoms with van der Waals surface area (Å²) in [6.45, 7) is 4.85. The van der Waals surface area contributed by atoms with Crippen LogP contribution in [0.1, 0.15) is 19.4 Å². The molecule has 2 aromatic carbocycles. The number of hydrogen-bond donors (Lipinski definition) is 4. The van der Waals surface area contributed by atoms with E-state index in [0.29, 0.717) is 41.5 Å². The quantitative estimate of drug-likeness (QED) is 0.495. The molecule has 0 aromatic heterocycles. The molecule has 3 amide bonds. The molecule has 3 rings (SSSR count). The number of benzene rings is 2. The van der Waals surface area contributed by atoms with Gasteiger partial charge in [0.2, 0.25) is 5.91 Å². The molecule has 9 heteroatoms. The van der Waals surface area contributed by atoms with Gasteiger partial charge in [-0.15, -0.1) is 0 Å². The van der Waals surface area contributed by atoms with Gasteiger partial charge in [-0.2, -0.15) is 0 Å². The van der Waals surface area contributed by atoms with Gasteiger partial charge in [0.05, 0.1) is 26.2 Å². The summed E-state index contributed by atoms with van der Waals surface area (Å²) in [5.74, 6) is 1.26. The van der Waals surface area contributed by atoms with Crippen molar-refractivity contribution in [1.82, 2.24) is 10.2 Å². The molecule has 1 aliphatic heterocycles. The van der Waals surface area contributed by atoms with E-state index in [1.165, 1.54) is 0 Å². The number of nitrogens with one attached hydrogen (secondary N) is 3. The van der Waals surface area contributed by atoms with E-state index < -0.39 is 6.03 Å². The van der Waals surface area contributed by atoms with Crippen LogP contribution < -0.4 is 25.4 Å². The minimum atomic E-state index is -0.405. The third kappa shape index (κ3) is 6.39. The third-order valence-corrected chi connectivity index (χ3v) is 5.93. The number of fused-ring (bicyclic) bond motifs is 1. The number of likely N-dealkylation sites (N-methyl/N-ethyl adjacent to an activating group) is 1. The molecular weight excluding hydrogens is 436 g/mol. The lowest BCUT2D eigenvalue weighted by Crippen LogP contribution is -2.47. The van der Waals surface area contributed by atoms with Crippen LogP contribution in [0.4, 0.5) is 16.2 Å². The number of methoxy groups -OCH3 is 1. The molecule has 0 saturated carbocycles. The van der Waals surface area contributed by atoms with Gasteiger partial charge < -0.3 is 35.4 Å². The van der Waals surface area contributed by atoms with E-state index in [-0.39, 0.29) is 37.0 Å². The lowest BCUT2D eigenvalue weighted by Gasteiger charge is -2.32. The highest BCUT2D eigenvalue weighted by molar-refractivity contribution is 6.00. The first-order valence-electron chi connectivity index (χ1n) is 11.4. The average Bonchev–Trinajstić information content (AvgIpc) is 2.87. The Morgan fingerprint density at radius 3 is 2.53 bits per heavy atom. The van der Waals surface area contributed by atoms with Crippen LogP contribution in [0, 0.1) is 5.92 Å². The van der Waals surface area contributed by atoms with Gasteiger partial charge in [0, 0.05) is 35.9 Å². The number of aliphatic hydroxyl groups excluding tert-OH is 1. The Kier molecular flexibility index (Phi) is 8.72. The Morgan fingerprint density at radius 1 is 1.21 bits per heavy atom. The third-order valence-electron chi connectivity index (χ3n) is 5.93. The van der Waals surface area contributed by atoms with Crippen molar-refractivity contribution in [2.45, 2.75) is 32.4 Å². The lowest BCUT2D eigenvalue weighted by molar-refractivity contribution is -0.134. The zero-order chi connectivity index (χ0) is 24.7. The first-order valence-corrected chi connectivity index (χ1v) is 11.4. The molecule has 0 radical (unpaired) electrons.